The van der Waals surface area contributed by atoms with Gasteiger partial charge in [0, 0.05) is 13.1 Å². The van der Waals surface area contributed by atoms with Crippen molar-refractivity contribution in [1.82, 2.24) is 5.32 Å². The van der Waals surface area contributed by atoms with Crippen LogP contribution < -0.4 is 15.5 Å². The van der Waals surface area contributed by atoms with Gasteiger partial charge in [-0.05, 0) is 37.1 Å². The summed E-state index contributed by atoms with van der Waals surface area (Å²) in [6.07, 6.45) is 2.68. The number of para-hydroxylation sites is 2. The first kappa shape index (κ1) is 17.6. The maximum Gasteiger partial charge on any atom is 0.240 e. The maximum atomic E-state index is 12.9. The van der Waals surface area contributed by atoms with Crippen molar-refractivity contribution < 1.29 is 18.7 Å². The van der Waals surface area contributed by atoms with Crippen molar-refractivity contribution >= 4 is 23.2 Å². The Labute approximate surface area is 157 Å². The topological polar surface area (TPSA) is 83.8 Å². The van der Waals surface area contributed by atoms with Crippen molar-refractivity contribution in [2.75, 3.05) is 36.5 Å². The average molecular weight is 369 g/mol. The molecule has 2 amide bonds. The van der Waals surface area contributed by atoms with Gasteiger partial charge in [0.15, 0.2) is 0 Å². The summed E-state index contributed by atoms with van der Waals surface area (Å²) in [7, 11) is 0. The fourth-order valence-electron chi connectivity index (χ4n) is 3.33. The standard InChI is InChI=1S/C20H23N3O4/c24-18(21-14-15-4-3-11-27-15)20(7-8-20)19(25)22-16-5-1-2-6-17(16)23-9-12-26-13-10-23/h1-6,11H,7-10,12-14H2,(H,21,24)(H,22,25). The predicted octanol–water partition coefficient (Wildman–Crippen LogP) is 2.15. The minimum absolute atomic E-state index is 0.250. The van der Waals surface area contributed by atoms with E-state index in [9.17, 15) is 9.59 Å². The molecule has 0 unspecified atom stereocenters. The van der Waals surface area contributed by atoms with Crippen LogP contribution in [0.5, 0.6) is 0 Å². The molecule has 2 N–H and O–H groups in total. The van der Waals surface area contributed by atoms with Crippen molar-refractivity contribution in [2.24, 2.45) is 5.41 Å². The Morgan fingerprint density at radius 2 is 1.81 bits per heavy atom. The van der Waals surface area contributed by atoms with Crippen LogP contribution in [0.2, 0.25) is 0 Å². The first-order valence-corrected chi connectivity index (χ1v) is 9.23. The number of anilines is 2. The van der Waals surface area contributed by atoms with Crippen molar-refractivity contribution in [3.63, 3.8) is 0 Å². The monoisotopic (exact) mass is 369 g/mol. The number of carbonyl (C=O) groups excluding carboxylic acids is 2. The van der Waals surface area contributed by atoms with E-state index in [1.165, 1.54) is 0 Å². The van der Waals surface area contributed by atoms with Crippen LogP contribution in [-0.4, -0.2) is 38.1 Å². The van der Waals surface area contributed by atoms with Gasteiger partial charge in [-0.1, -0.05) is 12.1 Å². The second-order valence-electron chi connectivity index (χ2n) is 6.91. The lowest BCUT2D eigenvalue weighted by atomic mass is 10.0. The SMILES string of the molecule is O=C(NCc1ccco1)C1(C(=O)Nc2ccccc2N2CCOCC2)CC1. The second-order valence-corrected chi connectivity index (χ2v) is 6.91. The molecule has 27 heavy (non-hydrogen) atoms. The van der Waals surface area contributed by atoms with E-state index in [4.69, 9.17) is 9.15 Å². The first-order chi connectivity index (χ1) is 13.2. The Kier molecular flexibility index (Phi) is 4.85. The number of benzene rings is 1. The number of carbonyl (C=O) groups is 2. The van der Waals surface area contributed by atoms with Crippen LogP contribution in [0.3, 0.4) is 0 Å². The van der Waals surface area contributed by atoms with Crippen LogP contribution in [0.1, 0.15) is 18.6 Å². The van der Waals surface area contributed by atoms with Crippen LogP contribution in [0.4, 0.5) is 11.4 Å². The summed E-state index contributed by atoms with van der Waals surface area (Å²) in [6.45, 7) is 3.18. The molecule has 0 atom stereocenters. The highest BCUT2D eigenvalue weighted by atomic mass is 16.5. The Hall–Kier alpha value is -2.80. The van der Waals surface area contributed by atoms with Gasteiger partial charge in [-0.3, -0.25) is 9.59 Å². The van der Waals surface area contributed by atoms with Gasteiger partial charge in [0.1, 0.15) is 11.2 Å². The summed E-state index contributed by atoms with van der Waals surface area (Å²) in [5, 5.41) is 5.79. The molecule has 2 fully saturated rings. The largest absolute Gasteiger partial charge is 0.467 e. The number of morpholine rings is 1. The number of nitrogens with zero attached hydrogens (tertiary/aromatic N) is 1. The summed E-state index contributed by atoms with van der Waals surface area (Å²) in [5.41, 5.74) is 0.709. The van der Waals surface area contributed by atoms with Crippen LogP contribution in [0, 0.1) is 5.41 Å². The lowest BCUT2D eigenvalue weighted by Gasteiger charge is -2.30. The molecule has 7 heteroatoms. The molecule has 1 aliphatic heterocycles. The van der Waals surface area contributed by atoms with Crippen molar-refractivity contribution in [1.29, 1.82) is 0 Å². The summed E-state index contributed by atoms with van der Waals surface area (Å²) in [6, 6.07) is 11.2. The van der Waals surface area contributed by atoms with Gasteiger partial charge in [-0.15, -0.1) is 0 Å². The van der Waals surface area contributed by atoms with Gasteiger partial charge in [-0.2, -0.15) is 0 Å². The maximum absolute atomic E-state index is 12.9. The quantitative estimate of drug-likeness (QED) is 0.763. The molecule has 142 valence electrons. The third kappa shape index (κ3) is 3.68. The van der Waals surface area contributed by atoms with E-state index < -0.39 is 5.41 Å². The van der Waals surface area contributed by atoms with E-state index >= 15 is 0 Å². The molecule has 0 bridgehead atoms. The second kappa shape index (κ2) is 7.44. The molecule has 2 aromatic rings. The molecule has 1 saturated heterocycles. The number of hydrogen-bond donors (Lipinski definition) is 2. The van der Waals surface area contributed by atoms with Gasteiger partial charge in [-0.25, -0.2) is 0 Å². The number of rotatable bonds is 6. The Morgan fingerprint density at radius 1 is 1.04 bits per heavy atom. The third-order valence-corrected chi connectivity index (χ3v) is 5.13. The summed E-state index contributed by atoms with van der Waals surface area (Å²) in [5.74, 6) is 0.164. The molecule has 1 aliphatic carbocycles. The van der Waals surface area contributed by atoms with E-state index in [0.29, 0.717) is 31.8 Å². The van der Waals surface area contributed by atoms with Crippen LogP contribution >= 0.6 is 0 Å². The molecule has 2 aliphatic rings. The normalized spacial score (nSPS) is 18.0. The zero-order valence-electron chi connectivity index (χ0n) is 15.1. The summed E-state index contributed by atoms with van der Waals surface area (Å²) < 4.78 is 10.6. The van der Waals surface area contributed by atoms with Crippen molar-refractivity contribution in [2.45, 2.75) is 19.4 Å². The minimum atomic E-state index is -0.981. The van der Waals surface area contributed by atoms with Crippen LogP contribution in [0.25, 0.3) is 0 Å². The lowest BCUT2D eigenvalue weighted by molar-refractivity contribution is -0.134. The van der Waals surface area contributed by atoms with Crippen molar-refractivity contribution in [3.05, 3.63) is 48.4 Å². The fraction of sp³-hybridized carbons (Fsp3) is 0.400. The van der Waals surface area contributed by atoms with Crippen LogP contribution in [0.15, 0.2) is 47.1 Å². The van der Waals surface area contributed by atoms with Crippen LogP contribution in [-0.2, 0) is 20.9 Å². The van der Waals surface area contributed by atoms with Gasteiger partial charge in [0.05, 0.1) is 37.4 Å². The molecule has 2 heterocycles. The number of ether oxygens (including phenoxy) is 1. The Morgan fingerprint density at radius 3 is 2.52 bits per heavy atom. The van der Waals surface area contributed by atoms with E-state index in [0.717, 1.165) is 24.5 Å². The highest BCUT2D eigenvalue weighted by Crippen LogP contribution is 2.47. The number of furan rings is 1. The van der Waals surface area contributed by atoms with Gasteiger partial charge >= 0.3 is 0 Å². The zero-order valence-corrected chi connectivity index (χ0v) is 15.1. The van der Waals surface area contributed by atoms with E-state index in [1.807, 2.05) is 24.3 Å². The minimum Gasteiger partial charge on any atom is -0.467 e. The average Bonchev–Trinajstić information content (AvgIpc) is 3.36. The smallest absolute Gasteiger partial charge is 0.240 e. The van der Waals surface area contributed by atoms with E-state index in [2.05, 4.69) is 15.5 Å². The summed E-state index contributed by atoms with van der Waals surface area (Å²) in [4.78, 5) is 27.7. The molecule has 7 nitrogen and oxygen atoms in total. The highest BCUT2D eigenvalue weighted by Gasteiger charge is 2.56. The molecular weight excluding hydrogens is 346 g/mol. The molecule has 4 rings (SSSR count). The molecule has 1 aromatic heterocycles. The lowest BCUT2D eigenvalue weighted by Crippen LogP contribution is -2.40. The van der Waals surface area contributed by atoms with E-state index in [1.54, 1.807) is 18.4 Å². The number of amides is 2. The molecule has 1 saturated carbocycles. The van der Waals surface area contributed by atoms with Gasteiger partial charge in [0.2, 0.25) is 11.8 Å². The predicted molar refractivity (Wildman–Crippen MR) is 100 cm³/mol. The Bertz CT molecular complexity index is 808. The van der Waals surface area contributed by atoms with Crippen molar-refractivity contribution in [3.8, 4) is 0 Å². The molecule has 1 aromatic carbocycles. The van der Waals surface area contributed by atoms with Gasteiger partial charge < -0.3 is 24.7 Å². The zero-order chi connectivity index (χ0) is 18.7. The van der Waals surface area contributed by atoms with E-state index in [-0.39, 0.29) is 18.4 Å². The number of nitrogens with one attached hydrogen (secondary N) is 2. The third-order valence-electron chi connectivity index (χ3n) is 5.13. The molecule has 0 spiro atoms. The Balaban J connectivity index is 1.43. The first-order valence-electron chi connectivity index (χ1n) is 9.23. The molecule has 0 radical (unpaired) electrons. The highest BCUT2D eigenvalue weighted by molar-refractivity contribution is 6.13. The van der Waals surface area contributed by atoms with Gasteiger partial charge in [0.25, 0.3) is 0 Å². The summed E-state index contributed by atoms with van der Waals surface area (Å²) >= 11 is 0. The molecular formula is C20H23N3O4. The fourth-order valence-corrected chi connectivity index (χ4v) is 3.33. The number of hydrogen-bond acceptors (Lipinski definition) is 5.